The van der Waals surface area contributed by atoms with Gasteiger partial charge >= 0.3 is 12.1 Å². The zero-order valence-corrected chi connectivity index (χ0v) is 17.4. The Kier molecular flexibility index (Phi) is 6.01. The quantitative estimate of drug-likeness (QED) is 0.377. The minimum Gasteiger partial charge on any atom is -0.461 e. The van der Waals surface area contributed by atoms with Gasteiger partial charge in [0.25, 0.3) is 0 Å². The average Bonchev–Trinajstić information content (AvgIpc) is 3.20. The van der Waals surface area contributed by atoms with Gasteiger partial charge in [-0.25, -0.2) is 4.39 Å². The molecule has 2 aromatic rings. The molecule has 0 heterocycles. The van der Waals surface area contributed by atoms with Crippen molar-refractivity contribution in [2.24, 2.45) is 17.3 Å². The molecule has 0 bridgehead atoms. The van der Waals surface area contributed by atoms with Crippen molar-refractivity contribution in [3.63, 3.8) is 0 Å². The predicted octanol–water partition coefficient (Wildman–Crippen LogP) is 6.80. The Hall–Kier alpha value is -2.34. The van der Waals surface area contributed by atoms with Gasteiger partial charge in [-0.15, -0.1) is 0 Å². The Labute approximate surface area is 177 Å². The standard InChI is InChI=1S/C23H21ClF4O2/c1-13-14(7-6-9-15(13)16-8-4-5-10-18(16)25)12-30-21(29)20-17(22(20,2)3)11-19(24)23(26,27)28/h4-11,17,20H,12H2,1-3H3/b19-11-/t17-,20-/m0/s1. The molecule has 0 aliphatic heterocycles. The number of allylic oxidation sites excluding steroid dienone is 2. The van der Waals surface area contributed by atoms with E-state index in [2.05, 4.69) is 0 Å². The minimum atomic E-state index is -4.64. The molecule has 7 heteroatoms. The lowest BCUT2D eigenvalue weighted by Gasteiger charge is -2.13. The van der Waals surface area contributed by atoms with Crippen LogP contribution in [0.5, 0.6) is 0 Å². The van der Waals surface area contributed by atoms with E-state index < -0.39 is 34.4 Å². The van der Waals surface area contributed by atoms with Crippen molar-refractivity contribution in [3.8, 4) is 11.1 Å². The molecule has 2 atom stereocenters. The maximum absolute atomic E-state index is 14.2. The number of hydrogen-bond donors (Lipinski definition) is 0. The first kappa shape index (κ1) is 22.3. The molecule has 1 aliphatic rings. The largest absolute Gasteiger partial charge is 0.461 e. The number of esters is 1. The van der Waals surface area contributed by atoms with Gasteiger partial charge in [-0.3, -0.25) is 4.79 Å². The van der Waals surface area contributed by atoms with E-state index in [0.29, 0.717) is 16.7 Å². The first-order chi connectivity index (χ1) is 13.9. The highest BCUT2D eigenvalue weighted by Crippen LogP contribution is 2.60. The zero-order valence-electron chi connectivity index (χ0n) is 16.7. The van der Waals surface area contributed by atoms with Crippen molar-refractivity contribution in [2.45, 2.75) is 33.6 Å². The number of ether oxygens (including phenoxy) is 1. The second kappa shape index (κ2) is 8.06. The maximum Gasteiger partial charge on any atom is 0.426 e. The summed E-state index contributed by atoms with van der Waals surface area (Å²) in [5.74, 6) is -2.29. The van der Waals surface area contributed by atoms with Crippen molar-refractivity contribution < 1.29 is 27.1 Å². The molecule has 0 unspecified atom stereocenters. The zero-order chi connectivity index (χ0) is 22.3. The van der Waals surface area contributed by atoms with E-state index in [-0.39, 0.29) is 12.4 Å². The third-order valence-electron chi connectivity index (χ3n) is 5.74. The van der Waals surface area contributed by atoms with Crippen LogP contribution in [0.1, 0.15) is 25.0 Å². The fraction of sp³-hybridized carbons (Fsp3) is 0.348. The number of carbonyl (C=O) groups excluding carboxylic acids is 1. The average molecular weight is 441 g/mol. The van der Waals surface area contributed by atoms with Gasteiger partial charge in [0.2, 0.25) is 0 Å². The Morgan fingerprint density at radius 2 is 1.77 bits per heavy atom. The molecule has 1 fully saturated rings. The Bertz CT molecular complexity index is 995. The molecule has 1 aliphatic carbocycles. The summed E-state index contributed by atoms with van der Waals surface area (Å²) in [6.07, 6.45) is -3.75. The number of rotatable bonds is 5. The van der Waals surface area contributed by atoms with E-state index in [1.807, 2.05) is 0 Å². The van der Waals surface area contributed by atoms with E-state index in [4.69, 9.17) is 16.3 Å². The highest BCUT2D eigenvalue weighted by molar-refractivity contribution is 6.30. The second-order valence-electron chi connectivity index (χ2n) is 8.01. The maximum atomic E-state index is 14.2. The van der Waals surface area contributed by atoms with Crippen LogP contribution in [-0.4, -0.2) is 12.1 Å². The third kappa shape index (κ3) is 4.38. The Balaban J connectivity index is 1.73. The van der Waals surface area contributed by atoms with Crippen LogP contribution in [0.25, 0.3) is 11.1 Å². The van der Waals surface area contributed by atoms with Crippen LogP contribution < -0.4 is 0 Å². The van der Waals surface area contributed by atoms with E-state index in [1.165, 1.54) is 6.07 Å². The lowest BCUT2D eigenvalue weighted by molar-refractivity contribution is -0.147. The fourth-order valence-electron chi connectivity index (χ4n) is 3.74. The highest BCUT2D eigenvalue weighted by atomic mass is 35.5. The topological polar surface area (TPSA) is 26.3 Å². The van der Waals surface area contributed by atoms with Crippen molar-refractivity contribution in [1.29, 1.82) is 0 Å². The Morgan fingerprint density at radius 1 is 1.13 bits per heavy atom. The van der Waals surface area contributed by atoms with E-state index in [9.17, 15) is 22.4 Å². The molecule has 2 aromatic carbocycles. The summed E-state index contributed by atoms with van der Waals surface area (Å²) in [4.78, 5) is 12.5. The summed E-state index contributed by atoms with van der Waals surface area (Å²) in [5.41, 5.74) is 1.92. The molecule has 0 amide bonds. The molecular formula is C23H21ClF4O2. The van der Waals surface area contributed by atoms with Crippen molar-refractivity contribution in [3.05, 3.63) is 70.5 Å². The van der Waals surface area contributed by atoms with Gasteiger partial charge in [0.05, 0.1) is 5.92 Å². The van der Waals surface area contributed by atoms with Crippen LogP contribution in [0.15, 0.2) is 53.6 Å². The van der Waals surface area contributed by atoms with Crippen molar-refractivity contribution in [2.75, 3.05) is 0 Å². The van der Waals surface area contributed by atoms with Crippen molar-refractivity contribution in [1.82, 2.24) is 0 Å². The molecule has 0 aromatic heterocycles. The monoisotopic (exact) mass is 440 g/mol. The van der Waals surface area contributed by atoms with Crippen LogP contribution in [0.2, 0.25) is 0 Å². The number of carbonyl (C=O) groups is 1. The molecule has 0 N–H and O–H groups in total. The highest BCUT2D eigenvalue weighted by Gasteiger charge is 2.62. The summed E-state index contributed by atoms with van der Waals surface area (Å²) in [7, 11) is 0. The normalized spacial score (nSPS) is 20.7. The van der Waals surface area contributed by atoms with Gasteiger partial charge < -0.3 is 4.74 Å². The van der Waals surface area contributed by atoms with Gasteiger partial charge in [0.1, 0.15) is 17.5 Å². The summed E-state index contributed by atoms with van der Waals surface area (Å²) in [6.45, 7) is 5.15. The molecule has 2 nitrogen and oxygen atoms in total. The lowest BCUT2D eigenvalue weighted by Crippen LogP contribution is -2.11. The van der Waals surface area contributed by atoms with E-state index >= 15 is 0 Å². The summed E-state index contributed by atoms with van der Waals surface area (Å²) < 4.78 is 57.6. The first-order valence-corrected chi connectivity index (χ1v) is 9.77. The second-order valence-corrected chi connectivity index (χ2v) is 8.42. The van der Waals surface area contributed by atoms with Gasteiger partial charge in [0.15, 0.2) is 0 Å². The van der Waals surface area contributed by atoms with Gasteiger partial charge in [-0.2, -0.15) is 13.2 Å². The lowest BCUT2D eigenvalue weighted by atomic mass is 9.96. The smallest absolute Gasteiger partial charge is 0.426 e. The minimum absolute atomic E-state index is 0.0526. The third-order valence-corrected chi connectivity index (χ3v) is 6.08. The van der Waals surface area contributed by atoms with Crippen molar-refractivity contribution >= 4 is 17.6 Å². The number of hydrogen-bond acceptors (Lipinski definition) is 2. The van der Waals surface area contributed by atoms with Crippen LogP contribution in [0.3, 0.4) is 0 Å². The number of benzene rings is 2. The van der Waals surface area contributed by atoms with Gasteiger partial charge in [-0.05, 0) is 41.0 Å². The molecule has 160 valence electrons. The van der Waals surface area contributed by atoms with Gasteiger partial charge in [0, 0.05) is 5.56 Å². The number of alkyl halides is 3. The van der Waals surface area contributed by atoms with E-state index in [0.717, 1.165) is 11.6 Å². The molecule has 30 heavy (non-hydrogen) atoms. The summed E-state index contributed by atoms with van der Waals surface area (Å²) >= 11 is 5.32. The van der Waals surface area contributed by atoms with Gasteiger partial charge in [-0.1, -0.05) is 67.9 Å². The molecule has 0 radical (unpaired) electrons. The first-order valence-electron chi connectivity index (χ1n) is 9.39. The van der Waals surface area contributed by atoms with Crippen LogP contribution in [0, 0.1) is 30.0 Å². The number of halogens is 5. The summed E-state index contributed by atoms with van der Waals surface area (Å²) in [6, 6.07) is 11.7. The summed E-state index contributed by atoms with van der Waals surface area (Å²) in [5, 5.41) is -1.23. The van der Waals surface area contributed by atoms with Crippen LogP contribution >= 0.6 is 11.6 Å². The van der Waals surface area contributed by atoms with Crippen LogP contribution in [0.4, 0.5) is 17.6 Å². The van der Waals surface area contributed by atoms with E-state index in [1.54, 1.807) is 57.2 Å². The molecule has 0 saturated heterocycles. The molecule has 3 rings (SSSR count). The molecular weight excluding hydrogens is 420 g/mol. The SMILES string of the molecule is Cc1c(COC(=O)[C@@H]2[C@H](/C=C(\Cl)C(F)(F)F)C2(C)C)cccc1-c1ccccc1F. The molecule has 0 spiro atoms. The fourth-order valence-corrected chi connectivity index (χ4v) is 3.88. The molecule has 1 saturated carbocycles. The predicted molar refractivity (Wildman–Crippen MR) is 107 cm³/mol. The van der Waals surface area contributed by atoms with Crippen LogP contribution in [-0.2, 0) is 16.1 Å². The Morgan fingerprint density at radius 3 is 2.40 bits per heavy atom.